The number of amides is 2. The maximum absolute atomic E-state index is 12.4. The lowest BCUT2D eigenvalue weighted by atomic mass is 10.1. The van der Waals surface area contributed by atoms with Gasteiger partial charge in [0.25, 0.3) is 5.91 Å². The number of rotatable bonds is 4. The standard InChI is InChI=1S/C19H20N2O2S/c1-24-17-7-3-2-6-16(17)19(23)20-14-9-11-15(12-10-14)21-13-5-4-8-18(21)22/h2-3,6-7,9-12H,4-5,8,13H2,1H3,(H,20,23). The van der Waals surface area contributed by atoms with Crippen LogP contribution < -0.4 is 10.2 Å². The molecule has 5 heteroatoms. The lowest BCUT2D eigenvalue weighted by molar-refractivity contribution is -0.119. The van der Waals surface area contributed by atoms with E-state index in [-0.39, 0.29) is 11.8 Å². The van der Waals surface area contributed by atoms with Crippen molar-refractivity contribution in [2.45, 2.75) is 24.2 Å². The predicted octanol–water partition coefficient (Wildman–Crippen LogP) is 4.18. The minimum atomic E-state index is -0.123. The second-order valence-electron chi connectivity index (χ2n) is 5.70. The van der Waals surface area contributed by atoms with Crippen molar-refractivity contribution in [3.05, 3.63) is 54.1 Å². The van der Waals surface area contributed by atoms with E-state index in [1.165, 1.54) is 0 Å². The van der Waals surface area contributed by atoms with Crippen LogP contribution in [-0.4, -0.2) is 24.6 Å². The van der Waals surface area contributed by atoms with Crippen molar-refractivity contribution in [2.75, 3.05) is 23.0 Å². The molecule has 1 aliphatic heterocycles. The first-order valence-electron chi connectivity index (χ1n) is 8.04. The molecule has 2 aromatic rings. The highest BCUT2D eigenvalue weighted by Crippen LogP contribution is 2.24. The Hall–Kier alpha value is -2.27. The van der Waals surface area contributed by atoms with Crippen LogP contribution in [0.15, 0.2) is 53.4 Å². The average molecular weight is 340 g/mol. The minimum Gasteiger partial charge on any atom is -0.322 e. The number of nitrogens with one attached hydrogen (secondary N) is 1. The first kappa shape index (κ1) is 16.6. The summed E-state index contributed by atoms with van der Waals surface area (Å²) in [4.78, 5) is 27.2. The number of carbonyl (C=O) groups is 2. The Labute approximate surface area is 146 Å². The molecule has 0 unspecified atom stereocenters. The van der Waals surface area contributed by atoms with Crippen LogP contribution in [-0.2, 0) is 4.79 Å². The van der Waals surface area contributed by atoms with Gasteiger partial charge in [-0.25, -0.2) is 0 Å². The zero-order valence-corrected chi connectivity index (χ0v) is 14.4. The lowest BCUT2D eigenvalue weighted by Crippen LogP contribution is -2.35. The van der Waals surface area contributed by atoms with E-state index < -0.39 is 0 Å². The molecule has 0 aliphatic carbocycles. The fourth-order valence-electron chi connectivity index (χ4n) is 2.83. The van der Waals surface area contributed by atoms with Crippen molar-refractivity contribution < 1.29 is 9.59 Å². The first-order valence-corrected chi connectivity index (χ1v) is 9.26. The number of carbonyl (C=O) groups excluding carboxylic acids is 2. The minimum absolute atomic E-state index is 0.123. The number of hydrogen-bond acceptors (Lipinski definition) is 3. The summed E-state index contributed by atoms with van der Waals surface area (Å²) in [5.41, 5.74) is 2.28. The quantitative estimate of drug-likeness (QED) is 0.850. The van der Waals surface area contributed by atoms with E-state index in [0.717, 1.165) is 35.7 Å². The molecule has 1 fully saturated rings. The summed E-state index contributed by atoms with van der Waals surface area (Å²) in [6.45, 7) is 0.769. The van der Waals surface area contributed by atoms with Gasteiger partial charge < -0.3 is 10.2 Å². The molecule has 24 heavy (non-hydrogen) atoms. The summed E-state index contributed by atoms with van der Waals surface area (Å²) in [7, 11) is 0. The Morgan fingerprint density at radius 3 is 2.54 bits per heavy atom. The van der Waals surface area contributed by atoms with Crippen LogP contribution in [0.1, 0.15) is 29.6 Å². The molecule has 1 saturated heterocycles. The smallest absolute Gasteiger partial charge is 0.256 e. The molecule has 1 N–H and O–H groups in total. The van der Waals surface area contributed by atoms with Gasteiger partial charge in [0.2, 0.25) is 5.91 Å². The third kappa shape index (κ3) is 3.62. The Bertz CT molecular complexity index is 743. The summed E-state index contributed by atoms with van der Waals surface area (Å²) in [5, 5.41) is 2.92. The molecular formula is C19H20N2O2S. The van der Waals surface area contributed by atoms with E-state index in [0.29, 0.717) is 12.0 Å². The number of anilines is 2. The summed E-state index contributed by atoms with van der Waals surface area (Å²) < 4.78 is 0. The Kier molecular flexibility index (Phi) is 5.20. The van der Waals surface area contributed by atoms with E-state index in [1.807, 2.05) is 59.7 Å². The van der Waals surface area contributed by atoms with Crippen molar-refractivity contribution in [3.63, 3.8) is 0 Å². The van der Waals surface area contributed by atoms with E-state index in [1.54, 1.807) is 11.8 Å². The topological polar surface area (TPSA) is 49.4 Å². The van der Waals surface area contributed by atoms with Crippen LogP contribution in [0.3, 0.4) is 0 Å². The number of piperidine rings is 1. The van der Waals surface area contributed by atoms with E-state index >= 15 is 0 Å². The van der Waals surface area contributed by atoms with Crippen molar-refractivity contribution in [3.8, 4) is 0 Å². The second-order valence-corrected chi connectivity index (χ2v) is 6.55. The highest BCUT2D eigenvalue weighted by molar-refractivity contribution is 7.98. The number of thioether (sulfide) groups is 1. The molecule has 124 valence electrons. The Morgan fingerprint density at radius 1 is 1.08 bits per heavy atom. The highest BCUT2D eigenvalue weighted by Gasteiger charge is 2.19. The molecule has 0 bridgehead atoms. The molecule has 1 aliphatic rings. The molecule has 0 aromatic heterocycles. The molecule has 3 rings (SSSR count). The maximum Gasteiger partial charge on any atom is 0.256 e. The fourth-order valence-corrected chi connectivity index (χ4v) is 3.43. The number of benzene rings is 2. The normalized spacial score (nSPS) is 14.5. The number of nitrogens with zero attached hydrogens (tertiary/aromatic N) is 1. The van der Waals surface area contributed by atoms with Crippen molar-refractivity contribution in [2.24, 2.45) is 0 Å². The summed E-state index contributed by atoms with van der Waals surface area (Å²) in [6.07, 6.45) is 4.58. The Morgan fingerprint density at radius 2 is 1.83 bits per heavy atom. The monoisotopic (exact) mass is 340 g/mol. The maximum atomic E-state index is 12.4. The van der Waals surface area contributed by atoms with Gasteiger partial charge in [-0.3, -0.25) is 9.59 Å². The van der Waals surface area contributed by atoms with Gasteiger partial charge in [0, 0.05) is 29.2 Å². The van der Waals surface area contributed by atoms with Gasteiger partial charge >= 0.3 is 0 Å². The van der Waals surface area contributed by atoms with Crippen LogP contribution in [0.4, 0.5) is 11.4 Å². The summed E-state index contributed by atoms with van der Waals surface area (Å²) >= 11 is 1.55. The molecule has 4 nitrogen and oxygen atoms in total. The summed E-state index contributed by atoms with van der Waals surface area (Å²) in [6, 6.07) is 15.0. The van der Waals surface area contributed by atoms with Crippen LogP contribution >= 0.6 is 11.8 Å². The second kappa shape index (κ2) is 7.53. The SMILES string of the molecule is CSc1ccccc1C(=O)Nc1ccc(N2CCCCC2=O)cc1. The average Bonchev–Trinajstić information content (AvgIpc) is 2.63. The molecule has 2 amide bonds. The van der Waals surface area contributed by atoms with Crippen LogP contribution in [0.5, 0.6) is 0 Å². The first-order chi connectivity index (χ1) is 11.7. The molecule has 0 spiro atoms. The van der Waals surface area contributed by atoms with Gasteiger partial charge in [0.1, 0.15) is 0 Å². The largest absolute Gasteiger partial charge is 0.322 e. The Balaban J connectivity index is 1.72. The lowest BCUT2D eigenvalue weighted by Gasteiger charge is -2.26. The van der Waals surface area contributed by atoms with Crippen LogP contribution in [0, 0.1) is 0 Å². The van der Waals surface area contributed by atoms with Gasteiger partial charge in [0.05, 0.1) is 5.56 Å². The predicted molar refractivity (Wildman–Crippen MR) is 98.8 cm³/mol. The van der Waals surface area contributed by atoms with Crippen LogP contribution in [0.2, 0.25) is 0 Å². The molecule has 0 atom stereocenters. The molecular weight excluding hydrogens is 320 g/mol. The van der Waals surface area contributed by atoms with Gasteiger partial charge in [0.15, 0.2) is 0 Å². The van der Waals surface area contributed by atoms with Gasteiger partial charge in [-0.15, -0.1) is 11.8 Å². The highest BCUT2D eigenvalue weighted by atomic mass is 32.2. The fraction of sp³-hybridized carbons (Fsp3) is 0.263. The molecule has 0 saturated carbocycles. The van der Waals surface area contributed by atoms with E-state index in [2.05, 4.69) is 5.32 Å². The van der Waals surface area contributed by atoms with Crippen molar-refractivity contribution in [1.82, 2.24) is 0 Å². The van der Waals surface area contributed by atoms with Gasteiger partial charge in [-0.2, -0.15) is 0 Å². The molecule has 2 aromatic carbocycles. The zero-order valence-electron chi connectivity index (χ0n) is 13.6. The van der Waals surface area contributed by atoms with Crippen molar-refractivity contribution >= 4 is 35.0 Å². The van der Waals surface area contributed by atoms with E-state index in [4.69, 9.17) is 0 Å². The molecule has 1 heterocycles. The number of hydrogen-bond donors (Lipinski definition) is 1. The third-order valence-corrected chi connectivity index (χ3v) is 4.91. The molecule has 0 radical (unpaired) electrons. The zero-order chi connectivity index (χ0) is 16.9. The van der Waals surface area contributed by atoms with Crippen molar-refractivity contribution in [1.29, 1.82) is 0 Å². The van der Waals surface area contributed by atoms with Gasteiger partial charge in [-0.1, -0.05) is 12.1 Å². The third-order valence-electron chi connectivity index (χ3n) is 4.11. The summed E-state index contributed by atoms with van der Waals surface area (Å²) in [5.74, 6) is 0.0497. The van der Waals surface area contributed by atoms with Gasteiger partial charge in [-0.05, 0) is 55.5 Å². The van der Waals surface area contributed by atoms with E-state index in [9.17, 15) is 9.59 Å². The van der Waals surface area contributed by atoms with Crippen LogP contribution in [0.25, 0.3) is 0 Å².